The first-order valence-corrected chi connectivity index (χ1v) is 4.09. The number of hydrogen-bond donors (Lipinski definition) is 0. The van der Waals surface area contributed by atoms with Gasteiger partial charge in [0.05, 0.1) is 5.02 Å². The van der Waals surface area contributed by atoms with Gasteiger partial charge in [0.2, 0.25) is 0 Å². The highest BCUT2D eigenvalue weighted by atomic mass is 35.5. The van der Waals surface area contributed by atoms with Crippen LogP contribution < -0.4 is 4.89 Å². The van der Waals surface area contributed by atoms with E-state index in [1.54, 1.807) is 12.1 Å². The molecule has 70 valence electrons. The number of carbonyl (C=O) groups excluding carboxylic acids is 1. The van der Waals surface area contributed by atoms with Crippen LogP contribution in [0, 0.1) is 6.92 Å². The molecular weight excluding hydrogens is 192 g/mol. The summed E-state index contributed by atoms with van der Waals surface area (Å²) >= 11 is 5.80. The van der Waals surface area contributed by atoms with Crippen molar-refractivity contribution >= 4 is 17.6 Å². The lowest BCUT2D eigenvalue weighted by molar-refractivity contribution is -0.211. The van der Waals surface area contributed by atoms with E-state index in [2.05, 4.69) is 4.89 Å². The molecule has 3 nitrogen and oxygen atoms in total. The Morgan fingerprint density at radius 2 is 2.15 bits per heavy atom. The van der Waals surface area contributed by atoms with Crippen LogP contribution in [-0.4, -0.2) is 5.97 Å². The first kappa shape index (κ1) is 9.86. The molecule has 0 amide bonds. The van der Waals surface area contributed by atoms with Crippen molar-refractivity contribution in [3.8, 4) is 5.75 Å². The van der Waals surface area contributed by atoms with Crippen molar-refractivity contribution in [3.05, 3.63) is 28.8 Å². The fourth-order valence-corrected chi connectivity index (χ4v) is 1.08. The molecule has 1 rings (SSSR count). The lowest BCUT2D eigenvalue weighted by atomic mass is 10.2. The van der Waals surface area contributed by atoms with Crippen LogP contribution in [0.2, 0.25) is 5.02 Å². The molecule has 13 heavy (non-hydrogen) atoms. The fraction of sp³-hybridized carbons (Fsp3) is 0.222. The normalized spacial score (nSPS) is 9.46. The van der Waals surface area contributed by atoms with Gasteiger partial charge in [0.15, 0.2) is 5.75 Å². The molecule has 0 radical (unpaired) electrons. The molecule has 0 saturated heterocycles. The zero-order valence-electron chi connectivity index (χ0n) is 7.33. The van der Waals surface area contributed by atoms with Crippen molar-refractivity contribution < 1.29 is 14.6 Å². The summed E-state index contributed by atoms with van der Waals surface area (Å²) in [7, 11) is 0. The van der Waals surface area contributed by atoms with Crippen LogP contribution in [0.5, 0.6) is 5.75 Å². The van der Waals surface area contributed by atoms with E-state index in [9.17, 15) is 4.79 Å². The highest BCUT2D eigenvalue weighted by molar-refractivity contribution is 6.32. The third kappa shape index (κ3) is 2.63. The molecule has 0 atom stereocenters. The molecule has 4 heteroatoms. The molecule has 1 aromatic rings. The lowest BCUT2D eigenvalue weighted by Crippen LogP contribution is -2.04. The van der Waals surface area contributed by atoms with Crippen LogP contribution in [0.4, 0.5) is 0 Å². The zero-order valence-corrected chi connectivity index (χ0v) is 8.09. The Morgan fingerprint density at radius 1 is 1.46 bits per heavy atom. The van der Waals surface area contributed by atoms with E-state index in [-0.39, 0.29) is 0 Å². The summed E-state index contributed by atoms with van der Waals surface area (Å²) in [6.07, 6.45) is 0. The molecule has 0 N–H and O–H groups in total. The van der Waals surface area contributed by atoms with Crippen molar-refractivity contribution in [2.45, 2.75) is 13.8 Å². The third-order valence-electron chi connectivity index (χ3n) is 1.41. The number of hydrogen-bond acceptors (Lipinski definition) is 3. The molecule has 0 aliphatic heterocycles. The first-order valence-electron chi connectivity index (χ1n) is 3.71. The SMILES string of the molecule is CC(=O)OOc1c(C)cccc1Cl. The molecule has 0 heterocycles. The predicted octanol–water partition coefficient (Wildman–Crippen LogP) is 2.51. The van der Waals surface area contributed by atoms with Gasteiger partial charge in [-0.05, 0) is 18.6 Å². The summed E-state index contributed by atoms with van der Waals surface area (Å²) < 4.78 is 0. The van der Waals surface area contributed by atoms with E-state index in [1.165, 1.54) is 6.92 Å². The lowest BCUT2D eigenvalue weighted by Gasteiger charge is -2.06. The van der Waals surface area contributed by atoms with E-state index in [4.69, 9.17) is 16.5 Å². The Kier molecular flexibility index (Phi) is 3.14. The Morgan fingerprint density at radius 3 is 2.69 bits per heavy atom. The largest absolute Gasteiger partial charge is 0.352 e. The van der Waals surface area contributed by atoms with Crippen LogP contribution in [0.1, 0.15) is 12.5 Å². The van der Waals surface area contributed by atoms with Crippen LogP contribution >= 0.6 is 11.6 Å². The van der Waals surface area contributed by atoms with Crippen molar-refractivity contribution in [2.24, 2.45) is 0 Å². The topological polar surface area (TPSA) is 35.5 Å². The fourth-order valence-electron chi connectivity index (χ4n) is 0.823. The highest BCUT2D eigenvalue weighted by Crippen LogP contribution is 2.27. The number of benzene rings is 1. The molecule has 0 aliphatic rings. The Labute approximate surface area is 81.1 Å². The van der Waals surface area contributed by atoms with Gasteiger partial charge in [-0.3, -0.25) is 9.78 Å². The second-order valence-corrected chi connectivity index (χ2v) is 2.95. The maximum atomic E-state index is 10.4. The molecule has 0 spiro atoms. The average Bonchev–Trinajstić information content (AvgIpc) is 2.03. The van der Waals surface area contributed by atoms with Gasteiger partial charge in [0, 0.05) is 6.92 Å². The van der Waals surface area contributed by atoms with Crippen LogP contribution in [-0.2, 0) is 9.68 Å². The standard InChI is InChI=1S/C9H9ClO3/c1-6-4-3-5-8(10)9(6)13-12-7(2)11/h3-5H,1-2H3. The minimum absolute atomic E-state index is 0.374. The van der Waals surface area contributed by atoms with Crippen molar-refractivity contribution in [3.63, 3.8) is 0 Å². The summed E-state index contributed by atoms with van der Waals surface area (Å²) in [5, 5.41) is 0.418. The number of halogens is 1. The van der Waals surface area contributed by atoms with Gasteiger partial charge in [-0.25, -0.2) is 4.79 Å². The number of carbonyl (C=O) groups is 1. The molecule has 0 fully saturated rings. The van der Waals surface area contributed by atoms with Crippen molar-refractivity contribution in [2.75, 3.05) is 0 Å². The van der Waals surface area contributed by atoms with E-state index in [0.717, 1.165) is 5.56 Å². The van der Waals surface area contributed by atoms with Gasteiger partial charge < -0.3 is 0 Å². The summed E-state index contributed by atoms with van der Waals surface area (Å²) in [4.78, 5) is 19.6. The van der Waals surface area contributed by atoms with Crippen molar-refractivity contribution in [1.82, 2.24) is 0 Å². The van der Waals surface area contributed by atoms with Crippen LogP contribution in [0.25, 0.3) is 0 Å². The number of rotatable bonds is 2. The Bertz CT molecular complexity index is 302. The molecule has 1 aromatic carbocycles. The summed E-state index contributed by atoms with van der Waals surface area (Å²) in [6.45, 7) is 3.07. The van der Waals surface area contributed by atoms with E-state index in [1.807, 2.05) is 13.0 Å². The van der Waals surface area contributed by atoms with E-state index in [0.29, 0.717) is 10.8 Å². The Hall–Kier alpha value is -1.22. The minimum atomic E-state index is -0.515. The van der Waals surface area contributed by atoms with Crippen molar-refractivity contribution in [1.29, 1.82) is 0 Å². The molecule has 0 unspecified atom stereocenters. The van der Waals surface area contributed by atoms with E-state index < -0.39 is 5.97 Å². The second-order valence-electron chi connectivity index (χ2n) is 2.54. The van der Waals surface area contributed by atoms with Gasteiger partial charge in [-0.2, -0.15) is 0 Å². The average molecular weight is 201 g/mol. The number of aryl methyl sites for hydroxylation is 1. The number of para-hydroxylation sites is 1. The smallest absolute Gasteiger partial charge is 0.285 e. The summed E-state index contributed by atoms with van der Waals surface area (Å²) in [5.41, 5.74) is 0.814. The molecule has 0 saturated carbocycles. The Balaban J connectivity index is 2.81. The van der Waals surface area contributed by atoms with Gasteiger partial charge >= 0.3 is 5.97 Å². The second kappa shape index (κ2) is 4.14. The van der Waals surface area contributed by atoms with Gasteiger partial charge in [-0.1, -0.05) is 23.7 Å². The van der Waals surface area contributed by atoms with Gasteiger partial charge in [0.1, 0.15) is 0 Å². The third-order valence-corrected chi connectivity index (χ3v) is 1.70. The summed E-state index contributed by atoms with van der Waals surface area (Å²) in [6, 6.07) is 5.26. The quantitative estimate of drug-likeness (QED) is 0.544. The summed E-state index contributed by atoms with van der Waals surface area (Å²) in [5.74, 6) is -0.140. The molecule has 0 aromatic heterocycles. The molecule has 0 bridgehead atoms. The maximum absolute atomic E-state index is 10.4. The molecule has 0 aliphatic carbocycles. The first-order chi connectivity index (χ1) is 6.11. The monoisotopic (exact) mass is 200 g/mol. The minimum Gasteiger partial charge on any atom is -0.285 e. The highest BCUT2D eigenvalue weighted by Gasteiger charge is 2.07. The van der Waals surface area contributed by atoms with E-state index >= 15 is 0 Å². The van der Waals surface area contributed by atoms with Crippen LogP contribution in [0.3, 0.4) is 0 Å². The van der Waals surface area contributed by atoms with Gasteiger partial charge in [-0.15, -0.1) is 0 Å². The zero-order chi connectivity index (χ0) is 9.84. The van der Waals surface area contributed by atoms with Crippen LogP contribution in [0.15, 0.2) is 18.2 Å². The predicted molar refractivity (Wildman–Crippen MR) is 48.6 cm³/mol. The van der Waals surface area contributed by atoms with Gasteiger partial charge in [0.25, 0.3) is 0 Å². The molecular formula is C9H9ClO3. The maximum Gasteiger partial charge on any atom is 0.352 e.